The highest BCUT2D eigenvalue weighted by Crippen LogP contribution is 2.26. The molecule has 1 aliphatic heterocycles. The predicted octanol–water partition coefficient (Wildman–Crippen LogP) is 1.23. The quantitative estimate of drug-likeness (QED) is 0.742. The summed E-state index contributed by atoms with van der Waals surface area (Å²) in [4.78, 5) is 15.7. The molecule has 2 rings (SSSR count). The summed E-state index contributed by atoms with van der Waals surface area (Å²) >= 11 is 0. The van der Waals surface area contributed by atoms with Gasteiger partial charge in [-0.3, -0.25) is 0 Å². The van der Waals surface area contributed by atoms with Crippen LogP contribution in [0, 0.1) is 0 Å². The van der Waals surface area contributed by atoms with E-state index in [-0.39, 0.29) is 11.9 Å². The highest BCUT2D eigenvalue weighted by Gasteiger charge is 2.24. The van der Waals surface area contributed by atoms with Crippen LogP contribution in [0.25, 0.3) is 0 Å². The molecule has 1 aliphatic rings. The smallest absolute Gasteiger partial charge is 0.378 e. The summed E-state index contributed by atoms with van der Waals surface area (Å²) < 4.78 is 12.1. The largest absolute Gasteiger partial charge is 0.460 e. The molecule has 1 atom stereocenters. The van der Waals surface area contributed by atoms with Gasteiger partial charge in [-0.15, -0.1) is 5.10 Å². The normalized spacial score (nSPS) is 20.2. The number of carbonyl (C=O) groups is 1. The van der Waals surface area contributed by atoms with Crippen molar-refractivity contribution in [1.29, 1.82) is 0 Å². The molecule has 0 saturated carbocycles. The van der Waals surface area contributed by atoms with Gasteiger partial charge in [-0.05, 0) is 26.2 Å². The average Bonchev–Trinajstić information content (AvgIpc) is 2.73. The van der Waals surface area contributed by atoms with E-state index in [1.165, 1.54) is 0 Å². The second kappa shape index (κ2) is 5.27. The van der Waals surface area contributed by atoms with Crippen molar-refractivity contribution in [3.63, 3.8) is 0 Å². The minimum Gasteiger partial charge on any atom is -0.460 e. The lowest BCUT2D eigenvalue weighted by Gasteiger charge is -2.21. The zero-order valence-electron chi connectivity index (χ0n) is 10.2. The third kappa shape index (κ3) is 2.63. The van der Waals surface area contributed by atoms with Crippen molar-refractivity contribution in [2.24, 2.45) is 7.05 Å². The number of hydrogen-bond acceptors (Lipinski definition) is 5. The molecule has 1 aromatic heterocycles. The van der Waals surface area contributed by atoms with Crippen LogP contribution in [0.4, 0.5) is 0 Å². The monoisotopic (exact) mass is 239 g/mol. The van der Waals surface area contributed by atoms with E-state index in [9.17, 15) is 4.79 Å². The third-order valence-corrected chi connectivity index (χ3v) is 2.72. The van der Waals surface area contributed by atoms with Gasteiger partial charge >= 0.3 is 5.97 Å². The van der Waals surface area contributed by atoms with Crippen molar-refractivity contribution in [3.05, 3.63) is 11.6 Å². The van der Waals surface area contributed by atoms with Crippen LogP contribution in [-0.2, 0) is 16.5 Å². The molecule has 0 bridgehead atoms. The van der Waals surface area contributed by atoms with Gasteiger partial charge in [0.25, 0.3) is 5.82 Å². The first-order valence-electron chi connectivity index (χ1n) is 5.92. The van der Waals surface area contributed by atoms with Gasteiger partial charge < -0.3 is 9.47 Å². The average molecular weight is 239 g/mol. The Hall–Kier alpha value is -1.43. The van der Waals surface area contributed by atoms with Crippen molar-refractivity contribution in [1.82, 2.24) is 14.8 Å². The number of esters is 1. The molecule has 94 valence electrons. The fourth-order valence-electron chi connectivity index (χ4n) is 1.90. The molecule has 0 aromatic carbocycles. The van der Waals surface area contributed by atoms with Crippen LogP contribution in [0.5, 0.6) is 0 Å². The molecule has 0 aliphatic carbocycles. The highest BCUT2D eigenvalue weighted by atomic mass is 16.5. The van der Waals surface area contributed by atoms with Gasteiger partial charge in [-0.25, -0.2) is 14.5 Å². The van der Waals surface area contributed by atoms with E-state index in [0.29, 0.717) is 12.4 Å². The molecule has 1 fully saturated rings. The fraction of sp³-hybridized carbons (Fsp3) is 0.727. The number of hydrogen-bond donors (Lipinski definition) is 0. The van der Waals surface area contributed by atoms with Crippen LogP contribution in [0.2, 0.25) is 0 Å². The first-order valence-corrected chi connectivity index (χ1v) is 5.92. The molecule has 1 aromatic rings. The van der Waals surface area contributed by atoms with Gasteiger partial charge in [0.2, 0.25) is 0 Å². The van der Waals surface area contributed by atoms with Gasteiger partial charge in [0.15, 0.2) is 5.82 Å². The predicted molar refractivity (Wildman–Crippen MR) is 59.5 cm³/mol. The van der Waals surface area contributed by atoms with Crippen molar-refractivity contribution in [3.8, 4) is 0 Å². The summed E-state index contributed by atoms with van der Waals surface area (Å²) in [6, 6.07) is 0. The van der Waals surface area contributed by atoms with Gasteiger partial charge in [0, 0.05) is 13.7 Å². The summed E-state index contributed by atoms with van der Waals surface area (Å²) in [6.45, 7) is 2.82. The summed E-state index contributed by atoms with van der Waals surface area (Å²) in [5.41, 5.74) is 0. The number of aromatic nitrogens is 3. The van der Waals surface area contributed by atoms with Crippen molar-refractivity contribution >= 4 is 5.97 Å². The lowest BCUT2D eigenvalue weighted by atomic mass is 10.1. The maximum atomic E-state index is 11.5. The number of nitrogens with zero attached hydrogens (tertiary/aromatic N) is 3. The molecule has 17 heavy (non-hydrogen) atoms. The minimum atomic E-state index is -0.481. The zero-order chi connectivity index (χ0) is 12.3. The van der Waals surface area contributed by atoms with Crippen LogP contribution in [-0.4, -0.2) is 33.9 Å². The number of rotatable bonds is 3. The van der Waals surface area contributed by atoms with E-state index < -0.39 is 5.97 Å². The maximum absolute atomic E-state index is 11.5. The topological polar surface area (TPSA) is 66.2 Å². The van der Waals surface area contributed by atoms with Crippen LogP contribution < -0.4 is 0 Å². The van der Waals surface area contributed by atoms with E-state index in [1.807, 2.05) is 0 Å². The summed E-state index contributed by atoms with van der Waals surface area (Å²) in [6.07, 6.45) is 3.07. The van der Waals surface area contributed by atoms with Gasteiger partial charge in [0.1, 0.15) is 6.10 Å². The Morgan fingerprint density at radius 1 is 1.59 bits per heavy atom. The molecular weight excluding hydrogens is 222 g/mol. The highest BCUT2D eigenvalue weighted by molar-refractivity contribution is 5.84. The molecule has 0 amide bonds. The van der Waals surface area contributed by atoms with E-state index in [2.05, 4.69) is 10.1 Å². The van der Waals surface area contributed by atoms with Gasteiger partial charge in [0.05, 0.1) is 6.61 Å². The molecular formula is C11H17N3O3. The van der Waals surface area contributed by atoms with Gasteiger partial charge in [-0.1, -0.05) is 0 Å². The Kier molecular flexibility index (Phi) is 3.73. The molecule has 6 heteroatoms. The van der Waals surface area contributed by atoms with E-state index in [1.54, 1.807) is 18.7 Å². The SMILES string of the molecule is CCOC(=O)c1nc(C2CCCCO2)n(C)n1. The van der Waals surface area contributed by atoms with Crippen molar-refractivity contribution < 1.29 is 14.3 Å². The van der Waals surface area contributed by atoms with Crippen LogP contribution in [0.3, 0.4) is 0 Å². The van der Waals surface area contributed by atoms with Crippen molar-refractivity contribution in [2.45, 2.75) is 32.3 Å². The molecule has 1 saturated heterocycles. The van der Waals surface area contributed by atoms with Crippen LogP contribution in [0.1, 0.15) is 48.7 Å². The Bertz CT molecular complexity index is 397. The molecule has 2 heterocycles. The maximum Gasteiger partial charge on any atom is 0.378 e. The Labute approximate surface area is 99.9 Å². The van der Waals surface area contributed by atoms with E-state index in [4.69, 9.17) is 9.47 Å². The number of ether oxygens (including phenoxy) is 2. The van der Waals surface area contributed by atoms with Crippen LogP contribution in [0.15, 0.2) is 0 Å². The van der Waals surface area contributed by atoms with Crippen LogP contribution >= 0.6 is 0 Å². The lowest BCUT2D eigenvalue weighted by molar-refractivity contribution is 0.00730. The second-order valence-electron chi connectivity index (χ2n) is 3.99. The molecule has 0 radical (unpaired) electrons. The Morgan fingerprint density at radius 3 is 3.06 bits per heavy atom. The summed E-state index contributed by atoms with van der Waals surface area (Å²) in [5, 5.41) is 4.06. The third-order valence-electron chi connectivity index (χ3n) is 2.72. The second-order valence-corrected chi connectivity index (χ2v) is 3.99. The van der Waals surface area contributed by atoms with Crippen molar-refractivity contribution in [2.75, 3.05) is 13.2 Å². The fourth-order valence-corrected chi connectivity index (χ4v) is 1.90. The van der Waals surface area contributed by atoms with E-state index >= 15 is 0 Å². The van der Waals surface area contributed by atoms with Gasteiger partial charge in [-0.2, -0.15) is 0 Å². The Morgan fingerprint density at radius 2 is 2.41 bits per heavy atom. The minimum absolute atomic E-state index is 0.0515. The Balaban J connectivity index is 2.15. The lowest BCUT2D eigenvalue weighted by Crippen LogP contribution is -2.15. The standard InChI is InChI=1S/C11H17N3O3/c1-3-16-11(15)9-12-10(14(2)13-9)8-6-4-5-7-17-8/h8H,3-7H2,1-2H3. The number of aryl methyl sites for hydroxylation is 1. The number of carbonyl (C=O) groups excluding carboxylic acids is 1. The molecule has 6 nitrogen and oxygen atoms in total. The first kappa shape index (κ1) is 12.0. The molecule has 0 N–H and O–H groups in total. The summed E-state index contributed by atoms with van der Waals surface area (Å²) in [7, 11) is 1.77. The molecule has 0 spiro atoms. The van der Waals surface area contributed by atoms with E-state index in [0.717, 1.165) is 25.9 Å². The first-order chi connectivity index (χ1) is 8.22. The zero-order valence-corrected chi connectivity index (χ0v) is 10.2. The summed E-state index contributed by atoms with van der Waals surface area (Å²) in [5.74, 6) is 0.330. The molecule has 1 unspecified atom stereocenters.